The van der Waals surface area contributed by atoms with Crippen molar-refractivity contribution < 1.29 is 18.9 Å². The van der Waals surface area contributed by atoms with Gasteiger partial charge >= 0.3 is 11.9 Å². The molecular weight excluding hydrogens is 472 g/mol. The average molecular weight is 514 g/mol. The predicted molar refractivity (Wildman–Crippen MR) is 142 cm³/mol. The lowest BCUT2D eigenvalue weighted by Crippen LogP contribution is -2.41. The number of aliphatic imine (C=N–C) groups is 1. The molecule has 37 heavy (non-hydrogen) atoms. The molecule has 4 rings (SSSR count). The second-order valence-electron chi connectivity index (χ2n) is 10.6. The molecule has 11 heteroatoms. The number of urea groups is 1. The molecule has 1 aromatic rings. The van der Waals surface area contributed by atoms with Crippen LogP contribution in [0.1, 0.15) is 58.8 Å². The van der Waals surface area contributed by atoms with E-state index in [1.54, 1.807) is 17.3 Å². The van der Waals surface area contributed by atoms with Crippen molar-refractivity contribution >= 4 is 29.4 Å². The third-order valence-electron chi connectivity index (χ3n) is 7.49. The Hall–Kier alpha value is -3.08. The highest BCUT2D eigenvalue weighted by Crippen LogP contribution is 2.23. The molecular formula is C26H41N8O3+. The van der Waals surface area contributed by atoms with E-state index in [1.807, 2.05) is 23.3 Å². The maximum Gasteiger partial charge on any atom is 0.386 e. The van der Waals surface area contributed by atoms with Gasteiger partial charge in [0, 0.05) is 32.0 Å². The van der Waals surface area contributed by atoms with E-state index in [-0.39, 0.29) is 23.9 Å². The number of nitrogens with two attached hydrogens (primary N) is 2. The summed E-state index contributed by atoms with van der Waals surface area (Å²) < 4.78 is 7.73. The maximum atomic E-state index is 12.3. The Morgan fingerprint density at radius 3 is 2.65 bits per heavy atom. The van der Waals surface area contributed by atoms with Crippen LogP contribution in [0.15, 0.2) is 17.4 Å². The molecule has 202 valence electrons. The van der Waals surface area contributed by atoms with Gasteiger partial charge in [0.15, 0.2) is 18.0 Å². The first kappa shape index (κ1) is 27.0. The van der Waals surface area contributed by atoms with Crippen LogP contribution in [-0.4, -0.2) is 88.3 Å². The number of carbonyl (C=O) groups excluding carboxylic acids is 2. The molecule has 1 aromatic heterocycles. The maximum absolute atomic E-state index is 12.3. The lowest BCUT2D eigenvalue weighted by atomic mass is 9.92. The zero-order valence-electron chi connectivity index (χ0n) is 22.1. The zero-order chi connectivity index (χ0) is 26.4. The molecule has 0 saturated carbocycles. The molecule has 3 fully saturated rings. The molecule has 0 aliphatic carbocycles. The van der Waals surface area contributed by atoms with Crippen LogP contribution >= 0.6 is 0 Å². The quantitative estimate of drug-likeness (QED) is 0.243. The van der Waals surface area contributed by atoms with Gasteiger partial charge in [-0.1, -0.05) is 13.8 Å². The van der Waals surface area contributed by atoms with Gasteiger partial charge in [0.2, 0.25) is 5.95 Å². The van der Waals surface area contributed by atoms with Crippen LogP contribution in [0.5, 0.6) is 5.75 Å². The third kappa shape index (κ3) is 7.03. The zero-order valence-corrected chi connectivity index (χ0v) is 22.1. The lowest BCUT2D eigenvalue weighted by Gasteiger charge is -2.30. The molecule has 3 aliphatic heterocycles. The number of hydrogen-bond donors (Lipinski definition) is 2. The summed E-state index contributed by atoms with van der Waals surface area (Å²) in [7, 11) is 0. The van der Waals surface area contributed by atoms with Crippen molar-refractivity contribution in [2.24, 2.45) is 28.3 Å². The molecule has 0 spiro atoms. The molecule has 4 heterocycles. The summed E-state index contributed by atoms with van der Waals surface area (Å²) in [5.41, 5.74) is 13.1. The van der Waals surface area contributed by atoms with E-state index in [2.05, 4.69) is 15.0 Å². The van der Waals surface area contributed by atoms with E-state index < -0.39 is 0 Å². The molecule has 0 aromatic carbocycles. The largest absolute Gasteiger partial charge is 0.490 e. The first-order valence-corrected chi connectivity index (χ1v) is 13.6. The summed E-state index contributed by atoms with van der Waals surface area (Å²) in [6.45, 7) is 7.83. The SMILES string of the molecule is CC(C)C(N)=NC(=O)N1CCC(CCCOc2cnc(N3CC(=[N+]4CCCCC4=O)C(N)C3)nc2)CC1. The van der Waals surface area contributed by atoms with E-state index in [1.165, 1.54) is 0 Å². The first-order chi connectivity index (χ1) is 17.8. The summed E-state index contributed by atoms with van der Waals surface area (Å²) in [6, 6.07) is -0.404. The van der Waals surface area contributed by atoms with Crippen molar-refractivity contribution in [3.63, 3.8) is 0 Å². The Bertz CT molecular complexity index is 1020. The van der Waals surface area contributed by atoms with Crippen LogP contribution in [-0.2, 0) is 4.79 Å². The number of ether oxygens (including phenoxy) is 1. The van der Waals surface area contributed by atoms with Crippen LogP contribution in [0.3, 0.4) is 0 Å². The van der Waals surface area contributed by atoms with Crippen LogP contribution in [0.25, 0.3) is 0 Å². The van der Waals surface area contributed by atoms with E-state index >= 15 is 0 Å². The second kappa shape index (κ2) is 12.4. The number of anilines is 1. The van der Waals surface area contributed by atoms with Crippen LogP contribution in [0.2, 0.25) is 0 Å². The van der Waals surface area contributed by atoms with Gasteiger partial charge in [-0.3, -0.25) is 0 Å². The predicted octanol–water partition coefficient (Wildman–Crippen LogP) is 1.79. The number of amides is 3. The molecule has 0 radical (unpaired) electrons. The monoisotopic (exact) mass is 513 g/mol. The Morgan fingerprint density at radius 2 is 1.97 bits per heavy atom. The Balaban J connectivity index is 1.17. The van der Waals surface area contributed by atoms with E-state index in [0.717, 1.165) is 63.9 Å². The lowest BCUT2D eigenvalue weighted by molar-refractivity contribution is -0.458. The fraction of sp³-hybridized carbons (Fsp3) is 0.692. The Morgan fingerprint density at radius 1 is 1.24 bits per heavy atom. The summed E-state index contributed by atoms with van der Waals surface area (Å²) in [6.07, 6.45) is 9.90. The number of aromatic nitrogens is 2. The van der Waals surface area contributed by atoms with E-state index in [4.69, 9.17) is 16.2 Å². The second-order valence-corrected chi connectivity index (χ2v) is 10.6. The molecule has 11 nitrogen and oxygen atoms in total. The number of carbonyl (C=O) groups is 2. The summed E-state index contributed by atoms with van der Waals surface area (Å²) >= 11 is 0. The topological polar surface area (TPSA) is 143 Å². The van der Waals surface area contributed by atoms with Gasteiger partial charge in [0.1, 0.15) is 18.4 Å². The minimum Gasteiger partial charge on any atom is -0.490 e. The number of rotatable bonds is 7. The van der Waals surface area contributed by atoms with Crippen LogP contribution in [0.4, 0.5) is 10.7 Å². The Kier molecular flexibility index (Phi) is 9.07. The highest BCUT2D eigenvalue weighted by atomic mass is 16.5. The van der Waals surface area contributed by atoms with Crippen molar-refractivity contribution in [1.82, 2.24) is 14.9 Å². The summed E-state index contributed by atoms with van der Waals surface area (Å²) in [5.74, 6) is 2.45. The number of hydrogen-bond acceptors (Lipinski definition) is 7. The van der Waals surface area contributed by atoms with E-state index in [9.17, 15) is 9.59 Å². The first-order valence-electron chi connectivity index (χ1n) is 13.6. The standard InChI is InChI=1S/C26H40N8O3/c1-18(2)24(28)31-26(36)32-11-8-19(9-12-32)6-5-13-37-20-14-29-25(30-15-20)33-16-21(27)22(17-33)34-10-4-3-7-23(34)35/h14-15,18-19,21H,3-13,16-17,27H2,1-2H3,(H-,28,31,36)/p+1. The number of piperidine rings is 2. The van der Waals surface area contributed by atoms with Crippen molar-refractivity contribution in [1.29, 1.82) is 0 Å². The fourth-order valence-electron chi connectivity index (χ4n) is 5.10. The highest BCUT2D eigenvalue weighted by Gasteiger charge is 2.38. The Labute approximate surface area is 219 Å². The number of likely N-dealkylation sites (tertiary alicyclic amines) is 1. The highest BCUT2D eigenvalue weighted by molar-refractivity contribution is 5.96. The van der Waals surface area contributed by atoms with Gasteiger partial charge in [-0.05, 0) is 38.0 Å². The van der Waals surface area contributed by atoms with Gasteiger partial charge in [-0.25, -0.2) is 19.6 Å². The van der Waals surface area contributed by atoms with Gasteiger partial charge in [0.25, 0.3) is 0 Å². The normalized spacial score (nSPS) is 23.7. The molecule has 0 bridgehead atoms. The van der Waals surface area contributed by atoms with Crippen LogP contribution < -0.4 is 21.1 Å². The van der Waals surface area contributed by atoms with Gasteiger partial charge in [0.05, 0.1) is 25.4 Å². The number of nitrogens with zero attached hydrogens (tertiary/aromatic N) is 6. The van der Waals surface area contributed by atoms with E-state index in [0.29, 0.717) is 49.6 Å². The van der Waals surface area contributed by atoms with Crippen LogP contribution in [0, 0.1) is 11.8 Å². The molecule has 3 aliphatic rings. The van der Waals surface area contributed by atoms with Crippen molar-refractivity contribution in [2.75, 3.05) is 44.2 Å². The minimum atomic E-state index is -0.221. The van der Waals surface area contributed by atoms with Gasteiger partial charge in [-0.2, -0.15) is 9.57 Å². The molecule has 3 amide bonds. The smallest absolute Gasteiger partial charge is 0.386 e. The fourth-order valence-corrected chi connectivity index (χ4v) is 5.10. The number of amidine groups is 1. The molecule has 1 unspecified atom stereocenters. The third-order valence-corrected chi connectivity index (χ3v) is 7.49. The van der Waals surface area contributed by atoms with Crippen molar-refractivity contribution in [3.8, 4) is 5.75 Å². The molecule has 3 saturated heterocycles. The molecule has 4 N–H and O–H groups in total. The van der Waals surface area contributed by atoms with Gasteiger partial charge in [-0.15, -0.1) is 0 Å². The summed E-state index contributed by atoms with van der Waals surface area (Å²) in [5, 5.41) is 0. The minimum absolute atomic E-state index is 0.0735. The summed E-state index contributed by atoms with van der Waals surface area (Å²) in [4.78, 5) is 41.3. The average Bonchev–Trinajstić information content (AvgIpc) is 3.28. The van der Waals surface area contributed by atoms with Crippen molar-refractivity contribution in [2.45, 2.75) is 64.8 Å². The molecule has 1 atom stereocenters. The van der Waals surface area contributed by atoms with Gasteiger partial charge < -0.3 is 26.0 Å². The van der Waals surface area contributed by atoms with Crippen molar-refractivity contribution in [3.05, 3.63) is 12.4 Å².